The van der Waals surface area contributed by atoms with Crippen molar-refractivity contribution in [2.45, 2.75) is 32.2 Å². The topological polar surface area (TPSA) is 84.2 Å². The van der Waals surface area contributed by atoms with Crippen molar-refractivity contribution in [1.29, 1.82) is 0 Å². The van der Waals surface area contributed by atoms with Crippen molar-refractivity contribution < 1.29 is 14.7 Å². The van der Waals surface area contributed by atoms with E-state index in [2.05, 4.69) is 10.4 Å². The number of hydrogen-bond acceptors (Lipinski definition) is 3. The summed E-state index contributed by atoms with van der Waals surface area (Å²) in [7, 11) is 0. The Morgan fingerprint density at radius 3 is 2.41 bits per heavy atom. The van der Waals surface area contributed by atoms with Crippen molar-refractivity contribution >= 4 is 17.6 Å². The molecule has 0 bridgehead atoms. The molecule has 0 fully saturated rings. The van der Waals surface area contributed by atoms with Gasteiger partial charge >= 0.3 is 5.97 Å². The fourth-order valence-corrected chi connectivity index (χ4v) is 1.97. The third-order valence-electron chi connectivity index (χ3n) is 3.71. The number of anilines is 1. The number of carbonyl (C=O) groups is 2. The Bertz CT molecular complexity index is 660. The molecule has 0 saturated heterocycles. The van der Waals surface area contributed by atoms with Crippen LogP contribution in [0.25, 0.3) is 0 Å². The van der Waals surface area contributed by atoms with Gasteiger partial charge in [0.25, 0.3) is 0 Å². The summed E-state index contributed by atoms with van der Waals surface area (Å²) < 4.78 is 1.57. The number of aliphatic carboxylic acids is 1. The molecule has 22 heavy (non-hydrogen) atoms. The van der Waals surface area contributed by atoms with Gasteiger partial charge in [-0.15, -0.1) is 0 Å². The van der Waals surface area contributed by atoms with Crippen LogP contribution in [0.4, 0.5) is 5.69 Å². The van der Waals surface area contributed by atoms with Crippen LogP contribution in [0.2, 0.25) is 0 Å². The lowest BCUT2D eigenvalue weighted by Gasteiger charge is -2.20. The minimum absolute atomic E-state index is 0.186. The average molecular weight is 301 g/mol. The molecule has 0 aliphatic heterocycles. The zero-order valence-corrected chi connectivity index (χ0v) is 12.8. The number of carboxylic acid groups (broad SMARTS) is 1. The average Bonchev–Trinajstić information content (AvgIpc) is 3.01. The number of nitrogens with zero attached hydrogens (tertiary/aromatic N) is 2. The summed E-state index contributed by atoms with van der Waals surface area (Å²) in [6.07, 6.45) is 3.34. The summed E-state index contributed by atoms with van der Waals surface area (Å²) in [5.41, 5.74) is 0.331. The summed E-state index contributed by atoms with van der Waals surface area (Å²) in [5.74, 6) is -1.08. The van der Waals surface area contributed by atoms with E-state index in [1.165, 1.54) is 0 Å². The molecule has 1 atom stereocenters. The maximum Gasteiger partial charge on any atom is 0.313 e. The van der Waals surface area contributed by atoms with Crippen LogP contribution in [0, 0.1) is 0 Å². The van der Waals surface area contributed by atoms with Crippen LogP contribution in [0.1, 0.15) is 32.4 Å². The lowest BCUT2D eigenvalue weighted by Crippen LogP contribution is -2.28. The van der Waals surface area contributed by atoms with Gasteiger partial charge in [0, 0.05) is 18.1 Å². The van der Waals surface area contributed by atoms with E-state index in [9.17, 15) is 14.7 Å². The van der Waals surface area contributed by atoms with Crippen molar-refractivity contribution in [3.8, 4) is 0 Å². The van der Waals surface area contributed by atoms with E-state index in [4.69, 9.17) is 0 Å². The zero-order valence-electron chi connectivity index (χ0n) is 12.8. The van der Waals surface area contributed by atoms with Gasteiger partial charge in [-0.1, -0.05) is 12.1 Å². The molecule has 1 heterocycles. The van der Waals surface area contributed by atoms with Gasteiger partial charge in [0.15, 0.2) is 0 Å². The predicted molar refractivity (Wildman–Crippen MR) is 82.7 cm³/mol. The first-order valence-electron chi connectivity index (χ1n) is 6.96. The van der Waals surface area contributed by atoms with Gasteiger partial charge in [-0.05, 0) is 44.5 Å². The van der Waals surface area contributed by atoms with Crippen LogP contribution in [0.3, 0.4) is 0 Å². The van der Waals surface area contributed by atoms with Crippen LogP contribution < -0.4 is 5.32 Å². The molecule has 2 N–H and O–H groups in total. The van der Waals surface area contributed by atoms with Crippen molar-refractivity contribution in [2.75, 3.05) is 5.32 Å². The summed E-state index contributed by atoms with van der Waals surface area (Å²) in [6.45, 7) is 5.04. The smallest absolute Gasteiger partial charge is 0.313 e. The lowest BCUT2D eigenvalue weighted by molar-refractivity contribution is -0.142. The van der Waals surface area contributed by atoms with Crippen LogP contribution in [0.5, 0.6) is 0 Å². The SMILES string of the molecule is CC(C(=O)Nc1ccc(C(C)(C)C(=O)O)cc1)n1cccn1. The molecule has 1 amide bonds. The Labute approximate surface area is 128 Å². The second kappa shape index (κ2) is 6.01. The van der Waals surface area contributed by atoms with E-state index in [1.807, 2.05) is 0 Å². The quantitative estimate of drug-likeness (QED) is 0.888. The second-order valence-electron chi connectivity index (χ2n) is 5.66. The lowest BCUT2D eigenvalue weighted by atomic mass is 9.85. The van der Waals surface area contributed by atoms with Gasteiger partial charge in [-0.3, -0.25) is 14.3 Å². The summed E-state index contributed by atoms with van der Waals surface area (Å²) in [6, 6.07) is 8.16. The van der Waals surface area contributed by atoms with Crippen LogP contribution in [-0.2, 0) is 15.0 Å². The minimum atomic E-state index is -0.967. The molecule has 1 aromatic heterocycles. The molecule has 1 aromatic carbocycles. The minimum Gasteiger partial charge on any atom is -0.481 e. The number of rotatable bonds is 5. The number of benzene rings is 1. The molecule has 0 saturated carbocycles. The van der Waals surface area contributed by atoms with Gasteiger partial charge in [0.05, 0.1) is 5.41 Å². The number of aromatic nitrogens is 2. The third kappa shape index (κ3) is 3.16. The third-order valence-corrected chi connectivity index (χ3v) is 3.71. The number of hydrogen-bond donors (Lipinski definition) is 2. The maximum atomic E-state index is 12.1. The van der Waals surface area contributed by atoms with Crippen LogP contribution >= 0.6 is 0 Å². The Balaban J connectivity index is 2.09. The molecular weight excluding hydrogens is 282 g/mol. The summed E-state index contributed by atoms with van der Waals surface area (Å²) >= 11 is 0. The fraction of sp³-hybridized carbons (Fsp3) is 0.312. The van der Waals surface area contributed by atoms with Gasteiger partial charge in [-0.25, -0.2) is 0 Å². The Kier molecular flexibility index (Phi) is 4.30. The normalized spacial score (nSPS) is 12.7. The highest BCUT2D eigenvalue weighted by Crippen LogP contribution is 2.25. The molecule has 1 unspecified atom stereocenters. The van der Waals surface area contributed by atoms with Crippen LogP contribution in [-0.4, -0.2) is 26.8 Å². The number of carboxylic acids is 1. The highest BCUT2D eigenvalue weighted by Gasteiger charge is 2.29. The Hall–Kier alpha value is -2.63. The highest BCUT2D eigenvalue weighted by molar-refractivity contribution is 5.93. The predicted octanol–water partition coefficient (Wildman–Crippen LogP) is 2.45. The molecule has 6 nitrogen and oxygen atoms in total. The van der Waals surface area contributed by atoms with E-state index in [0.717, 1.165) is 0 Å². The monoisotopic (exact) mass is 301 g/mol. The molecular formula is C16H19N3O3. The Morgan fingerprint density at radius 1 is 1.27 bits per heavy atom. The Morgan fingerprint density at radius 2 is 1.91 bits per heavy atom. The molecule has 0 aliphatic carbocycles. The van der Waals surface area contributed by atoms with Gasteiger partial charge in [0.1, 0.15) is 6.04 Å². The van der Waals surface area contributed by atoms with Gasteiger partial charge < -0.3 is 10.4 Å². The molecule has 2 aromatic rings. The van der Waals surface area contributed by atoms with Crippen molar-refractivity contribution in [3.63, 3.8) is 0 Å². The van der Waals surface area contributed by atoms with Crippen molar-refractivity contribution in [1.82, 2.24) is 9.78 Å². The number of carbonyl (C=O) groups excluding carboxylic acids is 1. The second-order valence-corrected chi connectivity index (χ2v) is 5.66. The van der Waals surface area contributed by atoms with Gasteiger partial charge in [0.2, 0.25) is 5.91 Å². The number of nitrogens with one attached hydrogen (secondary N) is 1. The highest BCUT2D eigenvalue weighted by atomic mass is 16.4. The summed E-state index contributed by atoms with van der Waals surface area (Å²) in [5, 5.41) is 16.0. The molecule has 0 aliphatic rings. The standard InChI is InChI=1S/C16H19N3O3/c1-11(19-10-4-9-17-19)14(20)18-13-7-5-12(6-8-13)16(2,3)15(21)22/h4-11H,1-3H3,(H,18,20)(H,21,22). The van der Waals surface area contributed by atoms with Gasteiger partial charge in [-0.2, -0.15) is 5.10 Å². The van der Waals surface area contributed by atoms with E-state index in [0.29, 0.717) is 11.3 Å². The van der Waals surface area contributed by atoms with E-state index >= 15 is 0 Å². The van der Waals surface area contributed by atoms with Crippen LogP contribution in [0.15, 0.2) is 42.7 Å². The van der Waals surface area contributed by atoms with Crippen molar-refractivity contribution in [2.24, 2.45) is 0 Å². The molecule has 0 radical (unpaired) electrons. The first-order chi connectivity index (χ1) is 10.3. The molecule has 116 valence electrons. The van der Waals surface area contributed by atoms with E-state index in [-0.39, 0.29) is 5.91 Å². The van der Waals surface area contributed by atoms with E-state index in [1.54, 1.807) is 68.2 Å². The van der Waals surface area contributed by atoms with Crippen molar-refractivity contribution in [3.05, 3.63) is 48.3 Å². The largest absolute Gasteiger partial charge is 0.481 e. The van der Waals surface area contributed by atoms with E-state index < -0.39 is 17.4 Å². The zero-order chi connectivity index (χ0) is 16.3. The molecule has 2 rings (SSSR count). The maximum absolute atomic E-state index is 12.1. The first kappa shape index (κ1) is 15.8. The summed E-state index contributed by atoms with van der Waals surface area (Å²) in [4.78, 5) is 23.4. The fourth-order valence-electron chi connectivity index (χ4n) is 1.97. The first-order valence-corrected chi connectivity index (χ1v) is 6.96. The molecule has 6 heteroatoms. The number of amides is 1. The molecule has 0 spiro atoms.